The molecule has 0 saturated carbocycles. The van der Waals surface area contributed by atoms with E-state index in [1.807, 2.05) is 0 Å². The molecule has 0 radical (unpaired) electrons. The predicted octanol–water partition coefficient (Wildman–Crippen LogP) is 0.792. The molecule has 2 aromatic rings. The van der Waals surface area contributed by atoms with Crippen LogP contribution >= 0.6 is 15.9 Å². The molecule has 0 fully saturated rings. The summed E-state index contributed by atoms with van der Waals surface area (Å²) in [5.41, 5.74) is 0.182. The van der Waals surface area contributed by atoms with Gasteiger partial charge in [-0.25, -0.2) is 0 Å². The molecule has 1 unspecified atom stereocenters. The second kappa shape index (κ2) is 5.98. The lowest BCUT2D eigenvalue weighted by Gasteiger charge is -2.07. The molecule has 7 nitrogen and oxygen atoms in total. The van der Waals surface area contributed by atoms with Crippen LogP contribution < -0.4 is 5.32 Å². The van der Waals surface area contributed by atoms with Crippen molar-refractivity contribution in [3.63, 3.8) is 0 Å². The Morgan fingerprint density at radius 3 is 3.11 bits per heavy atom. The highest BCUT2D eigenvalue weighted by atomic mass is 79.9. The Kier molecular flexibility index (Phi) is 4.33. The van der Waals surface area contributed by atoms with Gasteiger partial charge in [-0.05, 0) is 22.9 Å². The third-order valence-electron chi connectivity index (χ3n) is 2.36. The minimum atomic E-state index is -0.377. The number of hydrogen-bond donors (Lipinski definition) is 2. The van der Waals surface area contributed by atoms with Gasteiger partial charge >= 0.3 is 0 Å². The number of hydrogen-bond acceptors (Lipinski definition) is 5. The SMILES string of the molecule is CC(CO)NC(=O)c1cc(Cn2cc(Br)cn2)on1. The van der Waals surface area contributed by atoms with Crippen molar-refractivity contribution in [1.29, 1.82) is 0 Å². The van der Waals surface area contributed by atoms with Gasteiger partial charge in [0.25, 0.3) is 5.91 Å². The van der Waals surface area contributed by atoms with Gasteiger partial charge in [-0.2, -0.15) is 5.10 Å². The number of rotatable bonds is 5. The van der Waals surface area contributed by atoms with E-state index < -0.39 is 0 Å². The maximum absolute atomic E-state index is 11.7. The Labute approximate surface area is 117 Å². The number of amides is 1. The van der Waals surface area contributed by atoms with E-state index in [0.29, 0.717) is 12.3 Å². The summed E-state index contributed by atoms with van der Waals surface area (Å²) in [5.74, 6) is 0.149. The summed E-state index contributed by atoms with van der Waals surface area (Å²) < 4.78 is 7.58. The fraction of sp³-hybridized carbons (Fsp3) is 0.364. The average molecular weight is 329 g/mol. The Bertz CT molecular complexity index is 566. The van der Waals surface area contributed by atoms with E-state index in [1.54, 1.807) is 30.1 Å². The maximum atomic E-state index is 11.7. The standard InChI is InChI=1S/C11H13BrN4O3/c1-7(6-17)14-11(18)10-2-9(19-15-10)5-16-4-8(12)3-13-16/h2-4,7,17H,5-6H2,1H3,(H,14,18). The molecule has 0 aliphatic rings. The number of aromatic nitrogens is 3. The topological polar surface area (TPSA) is 93.2 Å². The summed E-state index contributed by atoms with van der Waals surface area (Å²) in [6.45, 7) is 1.96. The van der Waals surface area contributed by atoms with E-state index in [1.165, 1.54) is 0 Å². The lowest BCUT2D eigenvalue weighted by Crippen LogP contribution is -2.35. The maximum Gasteiger partial charge on any atom is 0.273 e. The van der Waals surface area contributed by atoms with Gasteiger partial charge in [-0.3, -0.25) is 9.48 Å². The smallest absolute Gasteiger partial charge is 0.273 e. The van der Waals surface area contributed by atoms with Crippen LogP contribution in [-0.4, -0.2) is 38.6 Å². The second-order valence-electron chi connectivity index (χ2n) is 4.09. The van der Waals surface area contributed by atoms with Crippen molar-refractivity contribution in [3.8, 4) is 0 Å². The largest absolute Gasteiger partial charge is 0.394 e. The molecule has 102 valence electrons. The lowest BCUT2D eigenvalue weighted by molar-refractivity contribution is 0.0913. The number of carbonyl (C=O) groups is 1. The molecule has 19 heavy (non-hydrogen) atoms. The van der Waals surface area contributed by atoms with Crippen LogP contribution in [0.1, 0.15) is 23.2 Å². The van der Waals surface area contributed by atoms with Crippen molar-refractivity contribution in [2.24, 2.45) is 0 Å². The first-order valence-electron chi connectivity index (χ1n) is 5.63. The van der Waals surface area contributed by atoms with E-state index in [0.717, 1.165) is 4.47 Å². The van der Waals surface area contributed by atoms with Crippen molar-refractivity contribution in [2.75, 3.05) is 6.61 Å². The van der Waals surface area contributed by atoms with E-state index in [2.05, 4.69) is 31.5 Å². The molecule has 0 bridgehead atoms. The first kappa shape index (κ1) is 13.8. The number of nitrogens with one attached hydrogen (secondary N) is 1. The van der Waals surface area contributed by atoms with Crippen LogP contribution in [0.4, 0.5) is 0 Å². The third-order valence-corrected chi connectivity index (χ3v) is 2.77. The zero-order valence-corrected chi connectivity index (χ0v) is 11.8. The molecule has 2 heterocycles. The number of aliphatic hydroxyl groups excluding tert-OH is 1. The van der Waals surface area contributed by atoms with Crippen LogP contribution in [0, 0.1) is 0 Å². The summed E-state index contributed by atoms with van der Waals surface area (Å²) in [4.78, 5) is 11.7. The summed E-state index contributed by atoms with van der Waals surface area (Å²) in [6.07, 6.45) is 3.45. The summed E-state index contributed by atoms with van der Waals surface area (Å²) in [6, 6.07) is 1.23. The molecule has 0 saturated heterocycles. The Morgan fingerprint density at radius 1 is 1.68 bits per heavy atom. The van der Waals surface area contributed by atoms with Crippen LogP contribution in [-0.2, 0) is 6.54 Å². The van der Waals surface area contributed by atoms with E-state index in [4.69, 9.17) is 9.63 Å². The molecular weight excluding hydrogens is 316 g/mol. The summed E-state index contributed by atoms with van der Waals surface area (Å²) in [7, 11) is 0. The first-order valence-corrected chi connectivity index (χ1v) is 6.43. The van der Waals surface area contributed by atoms with Crippen LogP contribution in [0.25, 0.3) is 0 Å². The molecule has 1 atom stereocenters. The van der Waals surface area contributed by atoms with Gasteiger partial charge in [0.1, 0.15) is 6.54 Å². The highest BCUT2D eigenvalue weighted by molar-refractivity contribution is 9.10. The zero-order valence-electron chi connectivity index (χ0n) is 10.2. The van der Waals surface area contributed by atoms with Crippen molar-refractivity contribution < 1.29 is 14.4 Å². The van der Waals surface area contributed by atoms with Gasteiger partial charge in [0.05, 0.1) is 17.3 Å². The van der Waals surface area contributed by atoms with Crippen molar-refractivity contribution in [3.05, 3.63) is 34.4 Å². The zero-order chi connectivity index (χ0) is 13.8. The first-order chi connectivity index (χ1) is 9.08. The Balaban J connectivity index is 2.00. The number of carbonyl (C=O) groups excluding carboxylic acids is 1. The fourth-order valence-electron chi connectivity index (χ4n) is 1.42. The number of nitrogens with zero attached hydrogens (tertiary/aromatic N) is 3. The Morgan fingerprint density at radius 2 is 2.47 bits per heavy atom. The molecule has 2 N–H and O–H groups in total. The fourth-order valence-corrected chi connectivity index (χ4v) is 1.75. The molecule has 2 rings (SSSR count). The normalized spacial score (nSPS) is 12.4. The van der Waals surface area contributed by atoms with Gasteiger partial charge in [0.15, 0.2) is 11.5 Å². The highest BCUT2D eigenvalue weighted by Gasteiger charge is 2.14. The molecule has 1 amide bonds. The van der Waals surface area contributed by atoms with E-state index in [9.17, 15) is 4.79 Å². The van der Waals surface area contributed by atoms with Crippen LogP contribution in [0.15, 0.2) is 27.5 Å². The van der Waals surface area contributed by atoms with Crippen molar-refractivity contribution in [2.45, 2.75) is 19.5 Å². The van der Waals surface area contributed by atoms with Crippen LogP contribution in [0.5, 0.6) is 0 Å². The molecule has 0 spiro atoms. The third kappa shape index (κ3) is 3.65. The predicted molar refractivity (Wildman–Crippen MR) is 69.5 cm³/mol. The molecule has 2 aromatic heterocycles. The van der Waals surface area contributed by atoms with Gasteiger partial charge in [-0.1, -0.05) is 5.16 Å². The van der Waals surface area contributed by atoms with E-state index in [-0.39, 0.29) is 24.2 Å². The van der Waals surface area contributed by atoms with Gasteiger partial charge < -0.3 is 14.9 Å². The Hall–Kier alpha value is -1.67. The monoisotopic (exact) mass is 328 g/mol. The average Bonchev–Trinajstić information content (AvgIpc) is 2.99. The second-order valence-corrected chi connectivity index (χ2v) is 5.01. The van der Waals surface area contributed by atoms with E-state index >= 15 is 0 Å². The van der Waals surface area contributed by atoms with Gasteiger partial charge in [0, 0.05) is 18.3 Å². The summed E-state index contributed by atoms with van der Waals surface area (Å²) in [5, 5.41) is 19.2. The summed E-state index contributed by atoms with van der Waals surface area (Å²) >= 11 is 3.29. The number of halogens is 1. The quantitative estimate of drug-likeness (QED) is 0.846. The molecule has 0 aromatic carbocycles. The van der Waals surface area contributed by atoms with Crippen LogP contribution in [0.3, 0.4) is 0 Å². The lowest BCUT2D eigenvalue weighted by atomic mass is 10.3. The number of aliphatic hydroxyl groups is 1. The molecule has 0 aliphatic heterocycles. The molecular formula is C11H13BrN4O3. The van der Waals surface area contributed by atoms with Crippen molar-refractivity contribution >= 4 is 21.8 Å². The van der Waals surface area contributed by atoms with Gasteiger partial charge in [0.2, 0.25) is 0 Å². The van der Waals surface area contributed by atoms with Crippen molar-refractivity contribution in [1.82, 2.24) is 20.3 Å². The minimum Gasteiger partial charge on any atom is -0.394 e. The molecule has 8 heteroatoms. The van der Waals surface area contributed by atoms with Crippen LogP contribution in [0.2, 0.25) is 0 Å². The highest BCUT2D eigenvalue weighted by Crippen LogP contribution is 2.10. The minimum absolute atomic E-state index is 0.127. The molecule has 0 aliphatic carbocycles. The van der Waals surface area contributed by atoms with Gasteiger partial charge in [-0.15, -0.1) is 0 Å².